The highest BCUT2D eigenvalue weighted by molar-refractivity contribution is 5.85. The van der Waals surface area contributed by atoms with Crippen LogP contribution in [0.1, 0.15) is 46.6 Å². The van der Waals surface area contributed by atoms with E-state index in [1.54, 1.807) is 0 Å². The molecular weight excluding hydrogens is 498 g/mol. The number of β-amino-alcohol motifs (C(OH)–C–C–N with tert-alkyl or cyclic N) is 1. The van der Waals surface area contributed by atoms with E-state index in [0.29, 0.717) is 12.5 Å². The van der Waals surface area contributed by atoms with Gasteiger partial charge in [-0.25, -0.2) is 4.39 Å². The van der Waals surface area contributed by atoms with Crippen LogP contribution in [0.15, 0.2) is 60.7 Å². The number of anilines is 1. The predicted molar refractivity (Wildman–Crippen MR) is 150 cm³/mol. The van der Waals surface area contributed by atoms with E-state index in [0.717, 1.165) is 60.5 Å². The summed E-state index contributed by atoms with van der Waals surface area (Å²) in [6.45, 7) is 6.77. The molecule has 0 aromatic heterocycles. The zero-order chi connectivity index (χ0) is 24.1. The largest absolute Gasteiger partial charge is 0.491 e. The molecule has 0 radical (unpaired) electrons. The van der Waals surface area contributed by atoms with Gasteiger partial charge in [0.2, 0.25) is 0 Å². The molecule has 0 bridgehead atoms. The van der Waals surface area contributed by atoms with Gasteiger partial charge in [-0.15, -0.1) is 24.8 Å². The maximum absolute atomic E-state index is 13.1. The SMILES string of the molecule is Cc1cc(OC[C@@H](O)CN2CCC(c3ccc(Cc4ccc(F)cc4)cc3)CC2)c(C)cc1N.Cl.Cl. The van der Waals surface area contributed by atoms with E-state index in [9.17, 15) is 9.50 Å². The third-order valence-corrected chi connectivity index (χ3v) is 6.82. The van der Waals surface area contributed by atoms with Gasteiger partial charge in [-0.2, -0.15) is 0 Å². The fraction of sp³-hybridized carbons (Fsp3) is 0.379. The van der Waals surface area contributed by atoms with Gasteiger partial charge in [0, 0.05) is 12.2 Å². The summed E-state index contributed by atoms with van der Waals surface area (Å²) < 4.78 is 19.0. The maximum atomic E-state index is 13.1. The first-order chi connectivity index (χ1) is 16.4. The molecule has 3 aromatic carbocycles. The van der Waals surface area contributed by atoms with Crippen LogP contribution in [0.4, 0.5) is 10.1 Å². The topological polar surface area (TPSA) is 58.7 Å². The molecule has 3 aromatic rings. The molecule has 7 heteroatoms. The minimum Gasteiger partial charge on any atom is -0.491 e. The number of aryl methyl sites for hydroxylation is 2. The zero-order valence-electron chi connectivity index (χ0n) is 21.0. The summed E-state index contributed by atoms with van der Waals surface area (Å²) in [5.74, 6) is 1.13. The third kappa shape index (κ3) is 8.10. The van der Waals surface area contributed by atoms with E-state index < -0.39 is 6.10 Å². The number of rotatable bonds is 8. The maximum Gasteiger partial charge on any atom is 0.123 e. The Balaban J connectivity index is 0.00000228. The molecule has 1 heterocycles. The number of nitrogens with zero attached hydrogens (tertiary/aromatic N) is 1. The molecule has 1 aliphatic rings. The lowest BCUT2D eigenvalue weighted by Gasteiger charge is -2.33. The summed E-state index contributed by atoms with van der Waals surface area (Å²) in [7, 11) is 0. The molecule has 0 spiro atoms. The minimum atomic E-state index is -0.528. The fourth-order valence-corrected chi connectivity index (χ4v) is 4.70. The first kappa shape index (κ1) is 29.9. The smallest absolute Gasteiger partial charge is 0.123 e. The van der Waals surface area contributed by atoms with Gasteiger partial charge < -0.3 is 20.5 Å². The Morgan fingerprint density at radius 3 is 2.14 bits per heavy atom. The molecule has 36 heavy (non-hydrogen) atoms. The van der Waals surface area contributed by atoms with Crippen molar-refractivity contribution < 1.29 is 14.2 Å². The van der Waals surface area contributed by atoms with E-state index in [1.807, 2.05) is 38.1 Å². The predicted octanol–water partition coefficient (Wildman–Crippen LogP) is 6.08. The molecule has 0 amide bonds. The van der Waals surface area contributed by atoms with Gasteiger partial charge in [-0.05, 0) is 104 Å². The van der Waals surface area contributed by atoms with E-state index in [-0.39, 0.29) is 37.2 Å². The van der Waals surface area contributed by atoms with E-state index in [2.05, 4.69) is 29.2 Å². The molecule has 196 valence electrons. The van der Waals surface area contributed by atoms with Gasteiger partial charge in [0.15, 0.2) is 0 Å². The van der Waals surface area contributed by atoms with E-state index >= 15 is 0 Å². The van der Waals surface area contributed by atoms with Crippen molar-refractivity contribution in [2.75, 3.05) is 32.0 Å². The van der Waals surface area contributed by atoms with Gasteiger partial charge in [-0.1, -0.05) is 36.4 Å². The summed E-state index contributed by atoms with van der Waals surface area (Å²) in [6.07, 6.45) is 2.45. The number of hydrogen-bond acceptors (Lipinski definition) is 4. The number of aliphatic hydroxyl groups is 1. The van der Waals surface area contributed by atoms with Crippen molar-refractivity contribution in [1.82, 2.24) is 4.90 Å². The Kier molecular flexibility index (Phi) is 11.5. The first-order valence-electron chi connectivity index (χ1n) is 12.1. The molecular formula is C29H37Cl2FN2O2. The lowest BCUT2D eigenvalue weighted by molar-refractivity contribution is 0.0592. The van der Waals surface area contributed by atoms with Crippen molar-refractivity contribution >= 4 is 30.5 Å². The van der Waals surface area contributed by atoms with Crippen molar-refractivity contribution in [3.63, 3.8) is 0 Å². The molecule has 1 fully saturated rings. The van der Waals surface area contributed by atoms with E-state index in [4.69, 9.17) is 10.5 Å². The quantitative estimate of drug-likeness (QED) is 0.344. The van der Waals surface area contributed by atoms with Gasteiger partial charge in [-0.3, -0.25) is 0 Å². The van der Waals surface area contributed by atoms with Gasteiger partial charge >= 0.3 is 0 Å². The molecule has 1 atom stereocenters. The summed E-state index contributed by atoms with van der Waals surface area (Å²) >= 11 is 0. The Bertz CT molecular complexity index is 1090. The number of benzene rings is 3. The van der Waals surface area contributed by atoms with Gasteiger partial charge in [0.1, 0.15) is 24.3 Å². The number of aliphatic hydroxyl groups excluding tert-OH is 1. The molecule has 0 aliphatic carbocycles. The van der Waals surface area contributed by atoms with Crippen LogP contribution in [-0.2, 0) is 6.42 Å². The monoisotopic (exact) mass is 534 g/mol. The lowest BCUT2D eigenvalue weighted by atomic mass is 9.88. The van der Waals surface area contributed by atoms with Gasteiger partial charge in [0.05, 0.1) is 0 Å². The first-order valence-corrected chi connectivity index (χ1v) is 12.1. The van der Waals surface area contributed by atoms with Crippen LogP contribution in [0.25, 0.3) is 0 Å². The zero-order valence-corrected chi connectivity index (χ0v) is 22.6. The molecule has 0 saturated carbocycles. The Morgan fingerprint density at radius 2 is 1.53 bits per heavy atom. The second kappa shape index (κ2) is 13.8. The number of halogens is 3. The molecule has 1 aliphatic heterocycles. The fourth-order valence-electron chi connectivity index (χ4n) is 4.70. The highest BCUT2D eigenvalue weighted by atomic mass is 35.5. The van der Waals surface area contributed by atoms with Crippen LogP contribution in [0.5, 0.6) is 5.75 Å². The average Bonchev–Trinajstić information content (AvgIpc) is 2.83. The number of piperidine rings is 1. The van der Waals surface area contributed by atoms with E-state index in [1.165, 1.54) is 23.3 Å². The number of likely N-dealkylation sites (tertiary alicyclic amines) is 1. The Labute approximate surface area is 226 Å². The molecule has 4 rings (SSSR count). The number of nitrogens with two attached hydrogens (primary N) is 1. The summed E-state index contributed by atoms with van der Waals surface area (Å²) in [5, 5.41) is 10.5. The summed E-state index contributed by atoms with van der Waals surface area (Å²) in [5.41, 5.74) is 12.4. The van der Waals surface area contributed by atoms with Crippen LogP contribution in [0.2, 0.25) is 0 Å². The lowest BCUT2D eigenvalue weighted by Crippen LogP contribution is -2.40. The highest BCUT2D eigenvalue weighted by Crippen LogP contribution is 2.29. The Hall–Kier alpha value is -2.31. The normalized spacial score (nSPS) is 15.0. The highest BCUT2D eigenvalue weighted by Gasteiger charge is 2.22. The van der Waals surface area contributed by atoms with Crippen LogP contribution in [0.3, 0.4) is 0 Å². The second-order valence-electron chi connectivity index (χ2n) is 9.56. The van der Waals surface area contributed by atoms with Crippen molar-refractivity contribution in [3.8, 4) is 5.75 Å². The van der Waals surface area contributed by atoms with Gasteiger partial charge in [0.25, 0.3) is 0 Å². The van der Waals surface area contributed by atoms with Crippen LogP contribution < -0.4 is 10.5 Å². The summed E-state index contributed by atoms with van der Waals surface area (Å²) in [6, 6.07) is 19.4. The molecule has 4 nitrogen and oxygen atoms in total. The average molecular weight is 536 g/mol. The van der Waals surface area contributed by atoms with Crippen LogP contribution >= 0.6 is 24.8 Å². The van der Waals surface area contributed by atoms with Crippen molar-refractivity contribution in [2.45, 2.75) is 45.1 Å². The van der Waals surface area contributed by atoms with Crippen LogP contribution in [-0.4, -0.2) is 42.4 Å². The third-order valence-electron chi connectivity index (χ3n) is 6.82. The molecule has 3 N–H and O–H groups in total. The Morgan fingerprint density at radius 1 is 0.944 bits per heavy atom. The molecule has 1 saturated heterocycles. The van der Waals surface area contributed by atoms with Crippen molar-refractivity contribution in [2.24, 2.45) is 0 Å². The van der Waals surface area contributed by atoms with Crippen molar-refractivity contribution in [1.29, 1.82) is 0 Å². The second-order valence-corrected chi connectivity index (χ2v) is 9.56. The summed E-state index contributed by atoms with van der Waals surface area (Å²) in [4.78, 5) is 2.33. The van der Waals surface area contributed by atoms with Crippen molar-refractivity contribution in [3.05, 3.63) is 94.3 Å². The number of hydrogen-bond donors (Lipinski definition) is 2. The van der Waals surface area contributed by atoms with Crippen LogP contribution in [0, 0.1) is 19.7 Å². The molecule has 0 unspecified atom stereocenters. The number of ether oxygens (including phenoxy) is 1. The minimum absolute atomic E-state index is 0. The standard InChI is InChI=1S/C29H35FN2O2.2ClH/c1-20-16-29(21(2)15-28(20)31)34-19-27(33)18-32-13-11-25(12-14-32)24-7-3-22(4-8-24)17-23-5-9-26(30)10-6-23;;/h3-10,15-16,25,27,33H,11-14,17-19,31H2,1-2H3;2*1H/t27-;;/m0../s1. The number of nitrogen functional groups attached to an aromatic ring is 1.